The fraction of sp³-hybridized carbons (Fsp3) is 0.529. The molecule has 4 nitrogen and oxygen atoms in total. The second kappa shape index (κ2) is 7.20. The van der Waals surface area contributed by atoms with Gasteiger partial charge in [0.1, 0.15) is 0 Å². The minimum atomic E-state index is 0.334. The number of thioether (sulfide) groups is 1. The molecular formula is C17H21N3OS2. The van der Waals surface area contributed by atoms with E-state index in [1.807, 2.05) is 11.8 Å². The van der Waals surface area contributed by atoms with Crippen molar-refractivity contribution >= 4 is 28.2 Å². The highest BCUT2D eigenvalue weighted by atomic mass is 32.2. The van der Waals surface area contributed by atoms with E-state index in [0.717, 1.165) is 29.0 Å². The largest absolute Gasteiger partial charge is 0.376 e. The van der Waals surface area contributed by atoms with E-state index >= 15 is 0 Å². The molecule has 0 amide bonds. The number of nitrogens with one attached hydrogen (secondary N) is 1. The number of nitrogens with zero attached hydrogens (tertiary/aromatic N) is 2. The van der Waals surface area contributed by atoms with E-state index in [2.05, 4.69) is 39.8 Å². The Balaban J connectivity index is 1.38. The maximum Gasteiger partial charge on any atom is 0.206 e. The van der Waals surface area contributed by atoms with Crippen LogP contribution in [-0.4, -0.2) is 29.5 Å². The Bertz CT molecular complexity index is 655. The second-order valence-electron chi connectivity index (χ2n) is 6.09. The molecule has 2 heterocycles. The van der Waals surface area contributed by atoms with Crippen molar-refractivity contribution in [3.05, 3.63) is 35.4 Å². The number of aryl methyl sites for hydroxylation is 1. The Morgan fingerprint density at radius 1 is 1.22 bits per heavy atom. The van der Waals surface area contributed by atoms with E-state index in [0.29, 0.717) is 11.4 Å². The molecule has 1 aromatic heterocycles. The highest BCUT2D eigenvalue weighted by Crippen LogP contribution is 2.44. The first kappa shape index (κ1) is 15.4. The van der Waals surface area contributed by atoms with Crippen LogP contribution in [0.4, 0.5) is 5.13 Å². The van der Waals surface area contributed by atoms with Crippen molar-refractivity contribution in [2.24, 2.45) is 0 Å². The van der Waals surface area contributed by atoms with Gasteiger partial charge in [0.15, 0.2) is 4.34 Å². The van der Waals surface area contributed by atoms with Gasteiger partial charge in [-0.25, -0.2) is 0 Å². The lowest BCUT2D eigenvalue weighted by Crippen LogP contribution is -2.18. The van der Waals surface area contributed by atoms with Crippen molar-refractivity contribution in [1.29, 1.82) is 0 Å². The molecule has 0 bridgehead atoms. The van der Waals surface area contributed by atoms with Gasteiger partial charge >= 0.3 is 0 Å². The molecule has 0 unspecified atom stereocenters. The molecule has 122 valence electrons. The van der Waals surface area contributed by atoms with Gasteiger partial charge in [-0.15, -0.1) is 10.2 Å². The summed E-state index contributed by atoms with van der Waals surface area (Å²) in [5.74, 6) is 0. The highest BCUT2D eigenvalue weighted by molar-refractivity contribution is 8.01. The standard InChI is InChI=1S/C17H21N3OS2/c1-2-8-14-12(5-1)6-3-9-15(14)22-17-20-19-16(23-17)18-11-13-7-4-10-21-13/h1-2,5,8,13,15H,3-4,6-7,9-11H2,(H,18,19)/t13-,15+/m1/s1. The van der Waals surface area contributed by atoms with Crippen LogP contribution in [0.5, 0.6) is 0 Å². The molecule has 0 saturated carbocycles. The molecule has 1 aliphatic heterocycles. The summed E-state index contributed by atoms with van der Waals surface area (Å²) in [6.45, 7) is 1.73. The summed E-state index contributed by atoms with van der Waals surface area (Å²) < 4.78 is 6.69. The molecule has 1 aromatic carbocycles. The topological polar surface area (TPSA) is 47.0 Å². The fourth-order valence-corrected chi connectivity index (χ4v) is 5.52. The zero-order chi connectivity index (χ0) is 15.5. The number of hydrogen-bond donors (Lipinski definition) is 1. The van der Waals surface area contributed by atoms with E-state index in [1.165, 1.54) is 36.8 Å². The van der Waals surface area contributed by atoms with E-state index in [1.54, 1.807) is 11.3 Å². The molecule has 1 fully saturated rings. The minimum Gasteiger partial charge on any atom is -0.376 e. The molecule has 0 radical (unpaired) electrons. The highest BCUT2D eigenvalue weighted by Gasteiger charge is 2.22. The molecular weight excluding hydrogens is 326 g/mol. The lowest BCUT2D eigenvalue weighted by molar-refractivity contribution is 0.120. The first-order chi connectivity index (χ1) is 11.4. The number of rotatable bonds is 5. The smallest absolute Gasteiger partial charge is 0.206 e. The number of ether oxygens (including phenoxy) is 1. The number of aromatic nitrogens is 2. The Kier molecular flexibility index (Phi) is 4.82. The van der Waals surface area contributed by atoms with E-state index in [-0.39, 0.29) is 0 Å². The average molecular weight is 348 g/mol. The third-order valence-electron chi connectivity index (χ3n) is 4.47. The minimum absolute atomic E-state index is 0.334. The van der Waals surface area contributed by atoms with Gasteiger partial charge in [-0.1, -0.05) is 47.4 Å². The lowest BCUT2D eigenvalue weighted by atomic mass is 9.91. The van der Waals surface area contributed by atoms with Crippen LogP contribution < -0.4 is 5.32 Å². The van der Waals surface area contributed by atoms with Crippen molar-refractivity contribution < 1.29 is 4.74 Å². The molecule has 1 saturated heterocycles. The lowest BCUT2D eigenvalue weighted by Gasteiger charge is -2.23. The van der Waals surface area contributed by atoms with Crippen LogP contribution in [-0.2, 0) is 11.2 Å². The predicted molar refractivity (Wildman–Crippen MR) is 95.4 cm³/mol. The van der Waals surface area contributed by atoms with E-state index in [4.69, 9.17) is 4.74 Å². The van der Waals surface area contributed by atoms with Gasteiger partial charge in [-0.2, -0.15) is 0 Å². The molecule has 2 aliphatic rings. The number of anilines is 1. The Hall–Kier alpha value is -1.11. The SMILES string of the molecule is c1ccc2c(c1)CCC[C@@H]2Sc1nnc(NC[C@H]2CCCO2)s1. The van der Waals surface area contributed by atoms with Crippen LogP contribution in [0.15, 0.2) is 28.6 Å². The molecule has 0 spiro atoms. The molecule has 1 aliphatic carbocycles. The van der Waals surface area contributed by atoms with Gasteiger partial charge in [0, 0.05) is 18.4 Å². The fourth-order valence-electron chi connectivity index (χ4n) is 3.29. The van der Waals surface area contributed by atoms with Crippen molar-refractivity contribution in [3.8, 4) is 0 Å². The third-order valence-corrected chi connectivity index (χ3v) is 6.74. The van der Waals surface area contributed by atoms with Gasteiger partial charge in [-0.05, 0) is 43.2 Å². The van der Waals surface area contributed by atoms with Crippen LogP contribution >= 0.6 is 23.1 Å². The van der Waals surface area contributed by atoms with Gasteiger partial charge in [0.05, 0.1) is 6.10 Å². The maximum atomic E-state index is 5.63. The molecule has 2 aromatic rings. The van der Waals surface area contributed by atoms with Gasteiger partial charge in [-0.3, -0.25) is 0 Å². The summed E-state index contributed by atoms with van der Waals surface area (Å²) in [5.41, 5.74) is 2.98. The third kappa shape index (κ3) is 3.70. The molecule has 1 N–H and O–H groups in total. The van der Waals surface area contributed by atoms with Crippen LogP contribution in [0.25, 0.3) is 0 Å². The van der Waals surface area contributed by atoms with Gasteiger partial charge in [0.2, 0.25) is 5.13 Å². The summed E-state index contributed by atoms with van der Waals surface area (Å²) in [4.78, 5) is 0. The summed E-state index contributed by atoms with van der Waals surface area (Å²) in [6, 6.07) is 8.82. The first-order valence-electron chi connectivity index (χ1n) is 8.32. The number of benzene rings is 1. The Labute approximate surface area is 145 Å². The maximum absolute atomic E-state index is 5.63. The molecule has 23 heavy (non-hydrogen) atoms. The predicted octanol–water partition coefficient (Wildman–Crippen LogP) is 4.30. The van der Waals surface area contributed by atoms with Crippen molar-refractivity contribution in [3.63, 3.8) is 0 Å². The van der Waals surface area contributed by atoms with Crippen molar-refractivity contribution in [1.82, 2.24) is 10.2 Å². The zero-order valence-electron chi connectivity index (χ0n) is 13.0. The zero-order valence-corrected chi connectivity index (χ0v) is 14.7. The second-order valence-corrected chi connectivity index (χ2v) is 8.51. The summed E-state index contributed by atoms with van der Waals surface area (Å²) >= 11 is 3.52. The Morgan fingerprint density at radius 3 is 3.09 bits per heavy atom. The van der Waals surface area contributed by atoms with Gasteiger partial charge in [0.25, 0.3) is 0 Å². The summed E-state index contributed by atoms with van der Waals surface area (Å²) in [5, 5.41) is 13.4. The van der Waals surface area contributed by atoms with Crippen molar-refractivity contribution in [2.75, 3.05) is 18.5 Å². The monoisotopic (exact) mass is 347 g/mol. The van der Waals surface area contributed by atoms with Crippen LogP contribution in [0.2, 0.25) is 0 Å². The quantitative estimate of drug-likeness (QED) is 0.874. The van der Waals surface area contributed by atoms with E-state index < -0.39 is 0 Å². The van der Waals surface area contributed by atoms with E-state index in [9.17, 15) is 0 Å². The molecule has 2 atom stereocenters. The number of fused-ring (bicyclic) bond motifs is 1. The number of hydrogen-bond acceptors (Lipinski definition) is 6. The molecule has 6 heteroatoms. The van der Waals surface area contributed by atoms with Crippen LogP contribution in [0.1, 0.15) is 42.1 Å². The summed E-state index contributed by atoms with van der Waals surface area (Å²) in [7, 11) is 0. The summed E-state index contributed by atoms with van der Waals surface area (Å²) in [6.07, 6.45) is 6.34. The average Bonchev–Trinajstić information content (AvgIpc) is 3.25. The Morgan fingerprint density at radius 2 is 2.17 bits per heavy atom. The van der Waals surface area contributed by atoms with Crippen LogP contribution in [0.3, 0.4) is 0 Å². The van der Waals surface area contributed by atoms with Gasteiger partial charge < -0.3 is 10.1 Å². The van der Waals surface area contributed by atoms with Crippen LogP contribution in [0, 0.1) is 0 Å². The van der Waals surface area contributed by atoms with Crippen molar-refractivity contribution in [2.45, 2.75) is 47.8 Å². The normalized spacial score (nSPS) is 23.7. The first-order valence-corrected chi connectivity index (χ1v) is 10.0. The molecule has 4 rings (SSSR count).